The second-order valence-corrected chi connectivity index (χ2v) is 4.24. The third-order valence-electron chi connectivity index (χ3n) is 3.27. The predicted molar refractivity (Wildman–Crippen MR) is 68.5 cm³/mol. The van der Waals surface area contributed by atoms with E-state index in [-0.39, 0.29) is 11.6 Å². The molecule has 1 aliphatic carbocycles. The number of rotatable bonds is 1. The van der Waals surface area contributed by atoms with Crippen LogP contribution >= 0.6 is 0 Å². The molecule has 1 saturated carbocycles. The van der Waals surface area contributed by atoms with Crippen LogP contribution in [-0.4, -0.2) is 5.78 Å². The van der Waals surface area contributed by atoms with Crippen molar-refractivity contribution in [1.29, 1.82) is 5.26 Å². The summed E-state index contributed by atoms with van der Waals surface area (Å²) in [6.07, 6.45) is 2.00. The van der Waals surface area contributed by atoms with Crippen LogP contribution in [0.15, 0.2) is 24.3 Å². The van der Waals surface area contributed by atoms with Gasteiger partial charge in [0.2, 0.25) is 0 Å². The van der Waals surface area contributed by atoms with Crippen LogP contribution in [-0.2, 0) is 10.2 Å². The first-order valence-electron chi connectivity index (χ1n) is 6.35. The van der Waals surface area contributed by atoms with E-state index in [1.165, 1.54) is 12.1 Å². The Labute approximate surface area is 107 Å². The van der Waals surface area contributed by atoms with Crippen molar-refractivity contribution in [2.24, 2.45) is 0 Å². The number of halogens is 1. The van der Waals surface area contributed by atoms with Crippen molar-refractivity contribution in [2.75, 3.05) is 0 Å². The molecule has 18 heavy (non-hydrogen) atoms. The molecule has 2 rings (SSSR count). The second kappa shape index (κ2) is 6.30. The zero-order valence-electron chi connectivity index (χ0n) is 10.9. The van der Waals surface area contributed by atoms with E-state index >= 15 is 0 Å². The standard InChI is InChI=1S/C13H12FNO.C2H6/c14-11-3-1-10(2-4-11)13(9-15)7-5-12(16)6-8-13;1-2/h1-4H,5-8H2;1-2H3. The third kappa shape index (κ3) is 2.95. The summed E-state index contributed by atoms with van der Waals surface area (Å²) < 4.78 is 12.8. The van der Waals surface area contributed by atoms with Crippen LogP contribution in [0.5, 0.6) is 0 Å². The molecule has 0 amide bonds. The summed E-state index contributed by atoms with van der Waals surface area (Å²) in [6.45, 7) is 4.00. The molecule has 96 valence electrons. The highest BCUT2D eigenvalue weighted by Crippen LogP contribution is 2.37. The van der Waals surface area contributed by atoms with E-state index in [1.54, 1.807) is 12.1 Å². The van der Waals surface area contributed by atoms with Gasteiger partial charge in [0.15, 0.2) is 0 Å². The van der Waals surface area contributed by atoms with Gasteiger partial charge in [0.1, 0.15) is 11.6 Å². The quantitative estimate of drug-likeness (QED) is 0.758. The molecule has 0 radical (unpaired) electrons. The van der Waals surface area contributed by atoms with Gasteiger partial charge in [0.25, 0.3) is 0 Å². The highest BCUT2D eigenvalue weighted by Gasteiger charge is 2.36. The Morgan fingerprint density at radius 1 is 1.17 bits per heavy atom. The van der Waals surface area contributed by atoms with E-state index in [9.17, 15) is 14.4 Å². The van der Waals surface area contributed by atoms with Crippen LogP contribution in [0.25, 0.3) is 0 Å². The Balaban J connectivity index is 0.000000771. The van der Waals surface area contributed by atoms with Crippen molar-refractivity contribution in [1.82, 2.24) is 0 Å². The Morgan fingerprint density at radius 2 is 1.67 bits per heavy atom. The first-order chi connectivity index (χ1) is 8.66. The maximum atomic E-state index is 12.8. The summed E-state index contributed by atoms with van der Waals surface area (Å²) in [5.74, 6) is -0.0864. The highest BCUT2D eigenvalue weighted by atomic mass is 19.1. The number of nitrogens with zero attached hydrogens (tertiary/aromatic N) is 1. The number of carbonyl (C=O) groups excluding carboxylic acids is 1. The van der Waals surface area contributed by atoms with Gasteiger partial charge in [0, 0.05) is 12.8 Å². The van der Waals surface area contributed by atoms with Crippen molar-refractivity contribution < 1.29 is 9.18 Å². The van der Waals surface area contributed by atoms with Crippen molar-refractivity contribution in [3.8, 4) is 6.07 Å². The van der Waals surface area contributed by atoms with Gasteiger partial charge < -0.3 is 0 Å². The van der Waals surface area contributed by atoms with Crippen LogP contribution in [0.1, 0.15) is 45.1 Å². The van der Waals surface area contributed by atoms with Gasteiger partial charge in [0.05, 0.1) is 11.5 Å². The number of Topliss-reactive ketones (excluding diaryl/α,β-unsaturated/α-hetero) is 1. The van der Waals surface area contributed by atoms with Gasteiger partial charge in [-0.2, -0.15) is 5.26 Å². The van der Waals surface area contributed by atoms with Gasteiger partial charge >= 0.3 is 0 Å². The van der Waals surface area contributed by atoms with Crippen molar-refractivity contribution in [2.45, 2.75) is 44.9 Å². The molecule has 2 nitrogen and oxygen atoms in total. The molecule has 3 heteroatoms. The molecule has 0 heterocycles. The summed E-state index contributed by atoms with van der Waals surface area (Å²) in [4.78, 5) is 11.2. The fourth-order valence-corrected chi connectivity index (χ4v) is 2.19. The Hall–Kier alpha value is -1.69. The van der Waals surface area contributed by atoms with Crippen LogP contribution in [0, 0.1) is 17.1 Å². The number of benzene rings is 1. The van der Waals surface area contributed by atoms with Gasteiger partial charge in [-0.05, 0) is 30.5 Å². The van der Waals surface area contributed by atoms with E-state index < -0.39 is 5.41 Å². The molecule has 0 aliphatic heterocycles. The zero-order valence-corrected chi connectivity index (χ0v) is 10.9. The summed E-state index contributed by atoms with van der Waals surface area (Å²) in [6, 6.07) is 8.33. The highest BCUT2D eigenvalue weighted by molar-refractivity contribution is 5.80. The molecular weight excluding hydrogens is 229 g/mol. The smallest absolute Gasteiger partial charge is 0.133 e. The average molecular weight is 247 g/mol. The first-order valence-corrected chi connectivity index (χ1v) is 6.35. The third-order valence-corrected chi connectivity index (χ3v) is 3.27. The lowest BCUT2D eigenvalue weighted by molar-refractivity contribution is -0.120. The lowest BCUT2D eigenvalue weighted by atomic mass is 9.70. The maximum absolute atomic E-state index is 12.8. The maximum Gasteiger partial charge on any atom is 0.133 e. The number of hydrogen-bond acceptors (Lipinski definition) is 2. The SMILES string of the molecule is CC.N#CC1(c2ccc(F)cc2)CCC(=O)CC1. The summed E-state index contributed by atoms with van der Waals surface area (Å²) in [5.41, 5.74) is 0.227. The molecule has 1 aliphatic rings. The van der Waals surface area contributed by atoms with E-state index in [0.29, 0.717) is 25.7 Å². The molecule has 1 aromatic rings. The lowest BCUT2D eigenvalue weighted by Crippen LogP contribution is -2.30. The minimum atomic E-state index is -0.596. The number of ketones is 1. The Bertz CT molecular complexity index is 435. The van der Waals surface area contributed by atoms with E-state index in [4.69, 9.17) is 0 Å². The molecule has 0 spiro atoms. The Morgan fingerprint density at radius 3 is 2.11 bits per heavy atom. The van der Waals surface area contributed by atoms with Crippen molar-refractivity contribution in [3.63, 3.8) is 0 Å². The van der Waals surface area contributed by atoms with Crippen molar-refractivity contribution >= 4 is 5.78 Å². The molecular formula is C15H18FNO. The van der Waals surface area contributed by atoms with Gasteiger partial charge in [-0.15, -0.1) is 0 Å². The molecule has 0 bridgehead atoms. The van der Waals surface area contributed by atoms with E-state index in [0.717, 1.165) is 5.56 Å². The molecule has 0 saturated heterocycles. The lowest BCUT2D eigenvalue weighted by Gasteiger charge is -2.30. The second-order valence-electron chi connectivity index (χ2n) is 4.24. The molecule has 1 aromatic carbocycles. The summed E-state index contributed by atoms with van der Waals surface area (Å²) in [7, 11) is 0. The largest absolute Gasteiger partial charge is 0.300 e. The van der Waals surface area contributed by atoms with Crippen LogP contribution in [0.3, 0.4) is 0 Å². The zero-order chi connectivity index (χ0) is 13.6. The fourth-order valence-electron chi connectivity index (χ4n) is 2.19. The first kappa shape index (κ1) is 14.4. The molecule has 0 N–H and O–H groups in total. The number of hydrogen-bond donors (Lipinski definition) is 0. The van der Waals surface area contributed by atoms with Gasteiger partial charge in [-0.3, -0.25) is 4.79 Å². The Kier molecular flexibility index (Phi) is 5.03. The van der Waals surface area contributed by atoms with Crippen LogP contribution in [0.2, 0.25) is 0 Å². The normalized spacial score (nSPS) is 17.3. The van der Waals surface area contributed by atoms with Crippen LogP contribution < -0.4 is 0 Å². The monoisotopic (exact) mass is 247 g/mol. The molecule has 0 unspecified atom stereocenters. The minimum absolute atomic E-state index is 0.216. The van der Waals surface area contributed by atoms with Crippen molar-refractivity contribution in [3.05, 3.63) is 35.6 Å². The molecule has 1 fully saturated rings. The van der Waals surface area contributed by atoms with E-state index in [1.807, 2.05) is 13.8 Å². The molecule has 0 aromatic heterocycles. The number of carbonyl (C=O) groups is 1. The predicted octanol–water partition coefficient (Wildman–Crippen LogP) is 3.76. The topological polar surface area (TPSA) is 40.9 Å². The van der Waals surface area contributed by atoms with Gasteiger partial charge in [-0.1, -0.05) is 26.0 Å². The fraction of sp³-hybridized carbons (Fsp3) is 0.467. The van der Waals surface area contributed by atoms with Gasteiger partial charge in [-0.25, -0.2) is 4.39 Å². The average Bonchev–Trinajstić information content (AvgIpc) is 2.43. The minimum Gasteiger partial charge on any atom is -0.300 e. The summed E-state index contributed by atoms with van der Waals surface area (Å²) >= 11 is 0. The van der Waals surface area contributed by atoms with E-state index in [2.05, 4.69) is 6.07 Å². The number of nitriles is 1. The molecule has 0 atom stereocenters. The summed E-state index contributed by atoms with van der Waals surface area (Å²) in [5, 5.41) is 9.30. The van der Waals surface area contributed by atoms with Crippen LogP contribution in [0.4, 0.5) is 4.39 Å².